The molecule has 1 aliphatic rings. The molecule has 2 aromatic carbocycles. The first-order chi connectivity index (χ1) is 7.84. The van der Waals surface area contributed by atoms with Gasteiger partial charge in [-0.1, -0.05) is 24.3 Å². The Kier molecular flexibility index (Phi) is 2.07. The van der Waals surface area contributed by atoms with Gasteiger partial charge in [-0.05, 0) is 35.7 Å². The van der Waals surface area contributed by atoms with Crippen molar-refractivity contribution in [1.29, 1.82) is 0 Å². The van der Waals surface area contributed by atoms with E-state index in [1.807, 2.05) is 12.1 Å². The number of anilines is 1. The molecule has 3 rings (SSSR count). The largest absolute Gasteiger partial charge is 0.507 e. The van der Waals surface area contributed by atoms with Crippen LogP contribution in [0.3, 0.4) is 0 Å². The summed E-state index contributed by atoms with van der Waals surface area (Å²) in [7, 11) is 0. The maximum Gasteiger partial charge on any atom is 0.124 e. The van der Waals surface area contributed by atoms with Crippen LogP contribution in [-0.4, -0.2) is 11.7 Å². The van der Waals surface area contributed by atoms with E-state index in [0.29, 0.717) is 0 Å². The van der Waals surface area contributed by atoms with Crippen molar-refractivity contribution in [2.45, 2.75) is 6.42 Å². The average Bonchev–Trinajstić information content (AvgIpc) is 2.76. The van der Waals surface area contributed by atoms with Crippen LogP contribution in [0.25, 0.3) is 11.1 Å². The highest BCUT2D eigenvalue weighted by Gasteiger charge is 2.11. The SMILES string of the molecule is Oc1c[c]ccc1-c1ccc2c(c1)NCC2. The van der Waals surface area contributed by atoms with Crippen molar-refractivity contribution in [1.82, 2.24) is 0 Å². The van der Waals surface area contributed by atoms with Gasteiger partial charge in [0.2, 0.25) is 0 Å². The van der Waals surface area contributed by atoms with E-state index in [4.69, 9.17) is 0 Å². The van der Waals surface area contributed by atoms with Crippen molar-refractivity contribution in [2.24, 2.45) is 0 Å². The van der Waals surface area contributed by atoms with Crippen LogP contribution in [0, 0.1) is 6.07 Å². The molecule has 2 nitrogen and oxygen atoms in total. The van der Waals surface area contributed by atoms with Gasteiger partial charge in [-0.25, -0.2) is 0 Å². The normalized spacial score (nSPS) is 13.2. The first-order valence-electron chi connectivity index (χ1n) is 5.41. The zero-order valence-corrected chi connectivity index (χ0v) is 8.83. The zero-order valence-electron chi connectivity index (χ0n) is 8.83. The van der Waals surface area contributed by atoms with E-state index in [0.717, 1.165) is 24.1 Å². The third kappa shape index (κ3) is 1.43. The number of rotatable bonds is 1. The van der Waals surface area contributed by atoms with E-state index in [2.05, 4.69) is 29.6 Å². The molecule has 0 bridgehead atoms. The van der Waals surface area contributed by atoms with Crippen molar-refractivity contribution in [3.63, 3.8) is 0 Å². The molecule has 0 atom stereocenters. The highest BCUT2D eigenvalue weighted by Crippen LogP contribution is 2.33. The van der Waals surface area contributed by atoms with Crippen molar-refractivity contribution in [3.8, 4) is 16.9 Å². The summed E-state index contributed by atoms with van der Waals surface area (Å²) >= 11 is 0. The molecule has 1 aliphatic heterocycles. The molecule has 16 heavy (non-hydrogen) atoms. The molecule has 0 unspecified atom stereocenters. The Morgan fingerprint density at radius 2 is 2.19 bits per heavy atom. The van der Waals surface area contributed by atoms with Crippen LogP contribution in [0.2, 0.25) is 0 Å². The molecule has 2 aromatic rings. The molecular formula is C14H12NO. The molecule has 79 valence electrons. The highest BCUT2D eigenvalue weighted by molar-refractivity contribution is 5.75. The van der Waals surface area contributed by atoms with E-state index >= 15 is 0 Å². The minimum absolute atomic E-state index is 0.278. The fraction of sp³-hybridized carbons (Fsp3) is 0.143. The Labute approximate surface area is 94.6 Å². The summed E-state index contributed by atoms with van der Waals surface area (Å²) in [4.78, 5) is 0. The Morgan fingerprint density at radius 1 is 1.25 bits per heavy atom. The van der Waals surface area contributed by atoms with Crippen molar-refractivity contribution in [3.05, 3.63) is 48.0 Å². The standard InChI is InChI=1S/C14H12NO/c16-14-4-2-1-3-12(14)11-6-5-10-7-8-15-13(10)9-11/h1,3-6,9,15-16H,7-8H2. The quantitative estimate of drug-likeness (QED) is 0.758. The van der Waals surface area contributed by atoms with Crippen LogP contribution < -0.4 is 5.32 Å². The van der Waals surface area contributed by atoms with Crippen molar-refractivity contribution < 1.29 is 5.11 Å². The second kappa shape index (κ2) is 3.56. The Bertz CT molecular complexity index is 534. The van der Waals surface area contributed by atoms with Crippen LogP contribution in [0.1, 0.15) is 5.56 Å². The Hall–Kier alpha value is -1.96. The lowest BCUT2D eigenvalue weighted by Crippen LogP contribution is -1.91. The Morgan fingerprint density at radius 3 is 3.06 bits per heavy atom. The minimum atomic E-state index is 0.278. The Balaban J connectivity index is 2.11. The van der Waals surface area contributed by atoms with Gasteiger partial charge in [-0.3, -0.25) is 0 Å². The van der Waals surface area contributed by atoms with E-state index in [-0.39, 0.29) is 5.75 Å². The lowest BCUT2D eigenvalue weighted by Gasteiger charge is -2.06. The highest BCUT2D eigenvalue weighted by atomic mass is 16.3. The minimum Gasteiger partial charge on any atom is -0.507 e. The molecule has 2 N–H and O–H groups in total. The molecule has 1 heterocycles. The fourth-order valence-electron chi connectivity index (χ4n) is 2.12. The first kappa shape index (κ1) is 9.28. The number of aromatic hydroxyl groups is 1. The van der Waals surface area contributed by atoms with Gasteiger partial charge in [0.25, 0.3) is 0 Å². The number of phenolic OH excluding ortho intramolecular Hbond substituents is 1. The number of nitrogens with one attached hydrogen (secondary N) is 1. The maximum absolute atomic E-state index is 9.76. The van der Waals surface area contributed by atoms with Gasteiger partial charge in [0.05, 0.1) is 0 Å². The second-order valence-corrected chi connectivity index (χ2v) is 3.99. The number of fused-ring (bicyclic) bond motifs is 1. The molecule has 0 aromatic heterocycles. The summed E-state index contributed by atoms with van der Waals surface area (Å²) in [5.41, 5.74) is 4.44. The molecule has 0 spiro atoms. The van der Waals surface area contributed by atoms with Crippen LogP contribution in [0.15, 0.2) is 36.4 Å². The zero-order chi connectivity index (χ0) is 11.0. The summed E-state index contributed by atoms with van der Waals surface area (Å²) in [5, 5.41) is 13.1. The van der Waals surface area contributed by atoms with Gasteiger partial charge in [0, 0.05) is 17.8 Å². The smallest absolute Gasteiger partial charge is 0.124 e. The summed E-state index contributed by atoms with van der Waals surface area (Å²) < 4.78 is 0. The predicted molar refractivity (Wildman–Crippen MR) is 64.6 cm³/mol. The molecule has 0 saturated carbocycles. The van der Waals surface area contributed by atoms with Gasteiger partial charge in [0.15, 0.2) is 0 Å². The monoisotopic (exact) mass is 210 g/mol. The van der Waals surface area contributed by atoms with Crippen LogP contribution in [-0.2, 0) is 6.42 Å². The average molecular weight is 210 g/mol. The lowest BCUT2D eigenvalue weighted by atomic mass is 10.0. The topological polar surface area (TPSA) is 32.3 Å². The van der Waals surface area contributed by atoms with Crippen LogP contribution in [0.4, 0.5) is 5.69 Å². The van der Waals surface area contributed by atoms with E-state index in [9.17, 15) is 5.11 Å². The molecular weight excluding hydrogens is 198 g/mol. The van der Waals surface area contributed by atoms with Gasteiger partial charge in [-0.15, -0.1) is 0 Å². The summed E-state index contributed by atoms with van der Waals surface area (Å²) in [6.45, 7) is 1.01. The molecule has 0 fully saturated rings. The molecule has 0 saturated heterocycles. The maximum atomic E-state index is 9.76. The summed E-state index contributed by atoms with van der Waals surface area (Å²) in [5.74, 6) is 0.278. The predicted octanol–water partition coefficient (Wildman–Crippen LogP) is 2.83. The molecule has 2 heteroatoms. The molecule has 0 amide bonds. The van der Waals surface area contributed by atoms with Crippen LogP contribution >= 0.6 is 0 Å². The van der Waals surface area contributed by atoms with E-state index in [1.165, 1.54) is 11.3 Å². The number of benzene rings is 2. The third-order valence-corrected chi connectivity index (χ3v) is 2.97. The number of hydrogen-bond donors (Lipinski definition) is 2. The number of phenols is 1. The molecule has 1 radical (unpaired) electrons. The van der Waals surface area contributed by atoms with Crippen molar-refractivity contribution >= 4 is 5.69 Å². The van der Waals surface area contributed by atoms with E-state index in [1.54, 1.807) is 6.07 Å². The second-order valence-electron chi connectivity index (χ2n) is 3.99. The first-order valence-corrected chi connectivity index (χ1v) is 5.41. The van der Waals surface area contributed by atoms with Gasteiger partial charge in [-0.2, -0.15) is 0 Å². The molecule has 0 aliphatic carbocycles. The van der Waals surface area contributed by atoms with E-state index < -0.39 is 0 Å². The van der Waals surface area contributed by atoms with Crippen LogP contribution in [0.5, 0.6) is 5.75 Å². The van der Waals surface area contributed by atoms with Crippen molar-refractivity contribution in [2.75, 3.05) is 11.9 Å². The number of hydrogen-bond acceptors (Lipinski definition) is 2. The van der Waals surface area contributed by atoms with Gasteiger partial charge < -0.3 is 10.4 Å². The summed E-state index contributed by atoms with van der Waals surface area (Å²) in [6, 6.07) is 14.4. The van der Waals surface area contributed by atoms with Gasteiger partial charge >= 0.3 is 0 Å². The summed E-state index contributed by atoms with van der Waals surface area (Å²) in [6.07, 6.45) is 1.09. The lowest BCUT2D eigenvalue weighted by molar-refractivity contribution is 0.477. The van der Waals surface area contributed by atoms with Gasteiger partial charge in [0.1, 0.15) is 5.75 Å². The third-order valence-electron chi connectivity index (χ3n) is 2.97. The fourth-order valence-corrected chi connectivity index (χ4v) is 2.12.